The molecule has 8 rings (SSSR count). The summed E-state index contributed by atoms with van der Waals surface area (Å²) in [7, 11) is 1.66. The van der Waals surface area contributed by atoms with Gasteiger partial charge in [-0.15, -0.1) is 0 Å². The fourth-order valence-electron chi connectivity index (χ4n) is 9.17. The molecule has 2 bridgehead atoms. The van der Waals surface area contributed by atoms with Crippen LogP contribution in [-0.2, 0) is 32.4 Å². The lowest BCUT2D eigenvalue weighted by atomic mass is 9.45. The summed E-state index contributed by atoms with van der Waals surface area (Å²) >= 11 is 0. The average Bonchev–Trinajstić information content (AvgIpc) is 3.68. The van der Waals surface area contributed by atoms with E-state index in [4.69, 9.17) is 18.8 Å². The summed E-state index contributed by atoms with van der Waals surface area (Å²) in [6.07, 6.45) is -6.08. The van der Waals surface area contributed by atoms with Crippen LogP contribution in [0.5, 0.6) is 11.5 Å². The third-order valence-corrected chi connectivity index (χ3v) is 12.4. The van der Waals surface area contributed by atoms with Crippen LogP contribution in [-0.4, -0.2) is 66.9 Å². The van der Waals surface area contributed by atoms with E-state index < -0.39 is 72.3 Å². The van der Waals surface area contributed by atoms with Crippen molar-refractivity contribution in [3.63, 3.8) is 0 Å². The highest BCUT2D eigenvalue weighted by Gasteiger charge is 2.67. The zero-order valence-corrected chi connectivity index (χ0v) is 32.8. The number of amides is 3. The van der Waals surface area contributed by atoms with Crippen molar-refractivity contribution in [3.8, 4) is 11.5 Å². The second-order valence-electron chi connectivity index (χ2n) is 16.6. The molecule has 3 amide bonds. The van der Waals surface area contributed by atoms with Gasteiger partial charge >= 0.3 is 19.3 Å². The van der Waals surface area contributed by atoms with E-state index >= 15 is 0 Å². The lowest BCUT2D eigenvalue weighted by Crippen LogP contribution is -2.63. The summed E-state index contributed by atoms with van der Waals surface area (Å²) in [5.74, 6) is -0.918. The lowest BCUT2D eigenvalue weighted by molar-refractivity contribution is -0.185. The topological polar surface area (TPSA) is 154 Å². The van der Waals surface area contributed by atoms with Gasteiger partial charge in [-0.05, 0) is 73.8 Å². The van der Waals surface area contributed by atoms with E-state index in [0.717, 1.165) is 23.1 Å². The SMILES string of the molecule is COc1ccc(OC)c(NC(=O)N[C@]2(C)C[C@@H](C(=O)N[C@@H](CC(F)F)B3O[C@@H]4C5CC(C[C@]4(C)O3)C5(C)C)n3c2ncc(NCc2cccc(C(F)(F)F)c2)c3=O)c1. The molecular weight excluding hydrogens is 770 g/mol. The number of aromatic nitrogens is 2. The van der Waals surface area contributed by atoms with Crippen LogP contribution in [0.3, 0.4) is 0 Å². The molecule has 4 N–H and O–H groups in total. The first-order valence-electron chi connectivity index (χ1n) is 19.0. The zero-order valence-electron chi connectivity index (χ0n) is 32.8. The molecule has 4 fully saturated rings. The maximum absolute atomic E-state index is 14.4. The number of halogens is 5. The number of fused-ring (bicyclic) bond motifs is 1. The maximum atomic E-state index is 14.4. The minimum atomic E-state index is -4.59. The highest BCUT2D eigenvalue weighted by atomic mass is 19.4. The normalized spacial score (nSPS) is 27.2. The largest absolute Gasteiger partial charge is 0.497 e. The van der Waals surface area contributed by atoms with E-state index in [9.17, 15) is 36.3 Å². The predicted molar refractivity (Wildman–Crippen MR) is 203 cm³/mol. The first-order valence-corrected chi connectivity index (χ1v) is 19.0. The molecule has 2 unspecified atom stereocenters. The van der Waals surface area contributed by atoms with Crippen molar-refractivity contribution in [2.45, 2.75) is 102 Å². The average molecular weight is 817 g/mol. The second kappa shape index (κ2) is 15.0. The van der Waals surface area contributed by atoms with Crippen molar-refractivity contribution in [3.05, 3.63) is 76.0 Å². The minimum Gasteiger partial charge on any atom is -0.497 e. The third-order valence-electron chi connectivity index (χ3n) is 12.4. The molecule has 0 spiro atoms. The van der Waals surface area contributed by atoms with Crippen molar-refractivity contribution >= 4 is 30.4 Å². The molecule has 3 aliphatic carbocycles. The van der Waals surface area contributed by atoms with E-state index in [-0.39, 0.29) is 53.2 Å². The van der Waals surface area contributed by atoms with Crippen LogP contribution in [0.1, 0.15) is 76.4 Å². The van der Waals surface area contributed by atoms with Crippen molar-refractivity contribution in [2.24, 2.45) is 17.3 Å². The zero-order chi connectivity index (χ0) is 41.9. The molecule has 58 heavy (non-hydrogen) atoms. The number of benzene rings is 2. The number of anilines is 2. The van der Waals surface area contributed by atoms with Gasteiger partial charge in [0.15, 0.2) is 0 Å². The van der Waals surface area contributed by atoms with Gasteiger partial charge < -0.3 is 40.0 Å². The Labute approximate surface area is 331 Å². The highest BCUT2D eigenvalue weighted by molar-refractivity contribution is 6.48. The van der Waals surface area contributed by atoms with Gasteiger partial charge in [0.2, 0.25) is 12.3 Å². The number of ether oxygens (including phenoxy) is 2. The van der Waals surface area contributed by atoms with E-state index in [1.807, 2.05) is 6.92 Å². The molecule has 3 saturated carbocycles. The molecule has 3 heterocycles. The number of urea groups is 1. The Bertz CT molecular complexity index is 2140. The lowest BCUT2D eigenvalue weighted by Gasteiger charge is -2.63. The van der Waals surface area contributed by atoms with Crippen LogP contribution < -0.4 is 36.3 Å². The van der Waals surface area contributed by atoms with Crippen molar-refractivity contribution < 1.29 is 50.3 Å². The van der Waals surface area contributed by atoms with Crippen molar-refractivity contribution in [2.75, 3.05) is 24.9 Å². The van der Waals surface area contributed by atoms with E-state index in [1.54, 1.807) is 19.1 Å². The van der Waals surface area contributed by atoms with Crippen LogP contribution in [0.25, 0.3) is 0 Å². The Hall–Kier alpha value is -4.91. The smallest absolute Gasteiger partial charge is 0.481 e. The van der Waals surface area contributed by atoms with Crippen LogP contribution >= 0.6 is 0 Å². The van der Waals surface area contributed by atoms with E-state index in [2.05, 4.69) is 40.1 Å². The Balaban J connectivity index is 1.18. The van der Waals surface area contributed by atoms with E-state index in [0.29, 0.717) is 23.8 Å². The number of nitrogens with one attached hydrogen (secondary N) is 4. The Kier molecular flexibility index (Phi) is 10.7. The molecule has 1 aromatic heterocycles. The third kappa shape index (κ3) is 7.58. The molecule has 0 radical (unpaired) electrons. The number of alkyl halides is 5. The van der Waals surface area contributed by atoms with Crippen LogP contribution in [0.4, 0.5) is 38.1 Å². The summed E-state index contributed by atoms with van der Waals surface area (Å²) in [5, 5.41) is 11.0. The summed E-state index contributed by atoms with van der Waals surface area (Å²) in [5.41, 5.74) is -3.59. The molecule has 19 heteroatoms. The van der Waals surface area contributed by atoms with Crippen molar-refractivity contribution in [1.29, 1.82) is 0 Å². The van der Waals surface area contributed by atoms with Gasteiger partial charge in [-0.1, -0.05) is 26.0 Å². The first kappa shape index (κ1) is 41.3. The van der Waals surface area contributed by atoms with Crippen LogP contribution in [0.2, 0.25) is 0 Å². The van der Waals surface area contributed by atoms with Gasteiger partial charge in [-0.25, -0.2) is 18.6 Å². The van der Waals surface area contributed by atoms with Gasteiger partial charge in [-0.2, -0.15) is 13.2 Å². The summed E-state index contributed by atoms with van der Waals surface area (Å²) < 4.78 is 93.0. The number of carbonyl (C=O) groups excluding carboxylic acids is 2. The molecule has 3 aromatic rings. The maximum Gasteiger partial charge on any atom is 0.481 e. The first-order chi connectivity index (χ1) is 27.3. The molecule has 7 atom stereocenters. The summed E-state index contributed by atoms with van der Waals surface area (Å²) in [4.78, 5) is 46.7. The monoisotopic (exact) mass is 816 g/mol. The molecule has 1 saturated heterocycles. The minimum absolute atomic E-state index is 0.0139. The number of hydrogen-bond acceptors (Lipinski definition) is 9. The number of carbonyl (C=O) groups is 2. The van der Waals surface area contributed by atoms with Gasteiger partial charge in [0.25, 0.3) is 5.56 Å². The van der Waals surface area contributed by atoms with Crippen LogP contribution in [0, 0.1) is 17.3 Å². The van der Waals surface area contributed by atoms with Gasteiger partial charge in [-0.3, -0.25) is 14.2 Å². The second-order valence-corrected chi connectivity index (χ2v) is 16.6. The Morgan fingerprint density at radius 1 is 1.05 bits per heavy atom. The predicted octanol–water partition coefficient (Wildman–Crippen LogP) is 6.28. The summed E-state index contributed by atoms with van der Waals surface area (Å²) in [6.45, 7) is 7.57. The van der Waals surface area contributed by atoms with Crippen LogP contribution in [0.15, 0.2) is 53.5 Å². The molecule has 2 aliphatic heterocycles. The number of rotatable bonds is 12. The molecular formula is C39H46BF5N6O7. The molecule has 5 aliphatic rings. The van der Waals surface area contributed by atoms with Gasteiger partial charge in [0.1, 0.15) is 29.1 Å². The van der Waals surface area contributed by atoms with E-state index in [1.165, 1.54) is 38.6 Å². The number of methoxy groups -OCH3 is 2. The number of nitrogens with zero attached hydrogens (tertiary/aromatic N) is 2. The highest BCUT2D eigenvalue weighted by Crippen LogP contribution is 2.64. The standard InChI is InChI=1S/C39H46BF5N6O7/c1-36(2)22-13-24(36)31-38(4,16-22)58-40(57-31)29(15-30(41)42)49-32(52)27-17-37(3,50-35(54)48-25-14-23(55-5)10-11-28(25)56-6)34-47-19-26(33(53)51(27)34)46-18-20-8-7-9-21(12-20)39(43,44)45/h7-12,14,19,22,24,27,29-31,46H,13,15-18H2,1-6H3,(H,49,52)(H2,48,50,54)/t22?,24?,27-,29-,31+,37+,38-/m0/s1. The van der Waals surface area contributed by atoms with Crippen molar-refractivity contribution in [1.82, 2.24) is 20.2 Å². The Morgan fingerprint density at radius 2 is 1.81 bits per heavy atom. The fraction of sp³-hybridized carbons (Fsp3) is 0.538. The molecule has 13 nitrogen and oxygen atoms in total. The molecule has 2 aromatic carbocycles. The summed E-state index contributed by atoms with van der Waals surface area (Å²) in [6, 6.07) is 7.15. The quantitative estimate of drug-likeness (QED) is 0.122. The fourth-order valence-corrected chi connectivity index (χ4v) is 9.17. The Morgan fingerprint density at radius 3 is 2.48 bits per heavy atom. The van der Waals surface area contributed by atoms with Gasteiger partial charge in [0.05, 0.1) is 54.9 Å². The van der Waals surface area contributed by atoms with Gasteiger partial charge in [0, 0.05) is 25.5 Å². The molecule has 312 valence electrons. The number of hydrogen-bond donors (Lipinski definition) is 4.